The first-order valence-corrected chi connectivity index (χ1v) is 8.90. The molecule has 2 heterocycles. The summed E-state index contributed by atoms with van der Waals surface area (Å²) in [6.07, 6.45) is 5.33. The van der Waals surface area contributed by atoms with E-state index in [2.05, 4.69) is 21.5 Å². The second-order valence-electron chi connectivity index (χ2n) is 6.28. The van der Waals surface area contributed by atoms with Crippen molar-refractivity contribution in [1.29, 1.82) is 0 Å². The molecule has 0 fully saturated rings. The summed E-state index contributed by atoms with van der Waals surface area (Å²) in [5.41, 5.74) is 1.26. The Labute approximate surface area is 166 Å². The minimum absolute atomic E-state index is 0.0499. The van der Waals surface area contributed by atoms with Crippen LogP contribution in [0, 0.1) is 12.3 Å². The van der Waals surface area contributed by atoms with E-state index in [0.29, 0.717) is 22.2 Å². The van der Waals surface area contributed by atoms with Gasteiger partial charge in [0.2, 0.25) is 0 Å². The van der Waals surface area contributed by atoms with Gasteiger partial charge in [-0.05, 0) is 6.07 Å². The molecule has 0 saturated carbocycles. The van der Waals surface area contributed by atoms with Crippen LogP contribution in [0.25, 0.3) is 22.1 Å². The highest BCUT2D eigenvalue weighted by atomic mass is 16.5. The Morgan fingerprint density at radius 3 is 2.59 bits per heavy atom. The summed E-state index contributed by atoms with van der Waals surface area (Å²) in [5, 5.41) is 12.1. The molecule has 4 rings (SSSR count). The molecule has 0 bridgehead atoms. The fourth-order valence-corrected chi connectivity index (χ4v) is 3.00. The van der Waals surface area contributed by atoms with Crippen molar-refractivity contribution in [1.82, 2.24) is 20.3 Å². The fraction of sp³-hybridized carbons (Fsp3) is 0.0909. The standard InChI is InChI=1S/C22H16N4O3/c1-2-12-26-22(28)17-11-7-6-10-16(17)19(24-26)14-23-21(27)18-13-20(29-25-18)15-8-4-3-5-9-15/h1,3-11,13H,12,14H2,(H,23,27). The van der Waals surface area contributed by atoms with E-state index < -0.39 is 5.91 Å². The third-order valence-corrected chi connectivity index (χ3v) is 4.40. The molecule has 1 amide bonds. The minimum atomic E-state index is -0.406. The van der Waals surface area contributed by atoms with Gasteiger partial charge in [0.05, 0.1) is 17.6 Å². The number of carbonyl (C=O) groups is 1. The highest BCUT2D eigenvalue weighted by Crippen LogP contribution is 2.20. The van der Waals surface area contributed by atoms with E-state index in [0.717, 1.165) is 5.56 Å². The lowest BCUT2D eigenvalue weighted by Gasteiger charge is -2.09. The number of hydrogen-bond donors (Lipinski definition) is 1. The van der Waals surface area contributed by atoms with Gasteiger partial charge in [0.25, 0.3) is 11.5 Å². The van der Waals surface area contributed by atoms with E-state index in [1.807, 2.05) is 36.4 Å². The summed E-state index contributed by atoms with van der Waals surface area (Å²) in [6.45, 7) is 0.159. The van der Waals surface area contributed by atoms with E-state index in [-0.39, 0.29) is 24.3 Å². The molecule has 0 aliphatic heterocycles. The second-order valence-corrected chi connectivity index (χ2v) is 6.28. The minimum Gasteiger partial charge on any atom is -0.355 e. The zero-order valence-corrected chi connectivity index (χ0v) is 15.3. The molecule has 7 heteroatoms. The van der Waals surface area contributed by atoms with Crippen molar-refractivity contribution < 1.29 is 9.32 Å². The topological polar surface area (TPSA) is 90.0 Å². The van der Waals surface area contributed by atoms with Crippen molar-refractivity contribution in [2.75, 3.05) is 0 Å². The zero-order chi connectivity index (χ0) is 20.2. The van der Waals surface area contributed by atoms with Crippen LogP contribution >= 0.6 is 0 Å². The van der Waals surface area contributed by atoms with E-state index >= 15 is 0 Å². The zero-order valence-electron chi connectivity index (χ0n) is 15.3. The Morgan fingerprint density at radius 1 is 1.10 bits per heavy atom. The Balaban J connectivity index is 1.58. The van der Waals surface area contributed by atoms with Crippen molar-refractivity contribution >= 4 is 16.7 Å². The summed E-state index contributed by atoms with van der Waals surface area (Å²) in [6, 6.07) is 18.0. The third-order valence-electron chi connectivity index (χ3n) is 4.40. The molecule has 2 aromatic heterocycles. The number of amides is 1. The van der Waals surface area contributed by atoms with Crippen molar-refractivity contribution in [2.45, 2.75) is 13.1 Å². The first-order valence-electron chi connectivity index (χ1n) is 8.90. The van der Waals surface area contributed by atoms with Crippen molar-refractivity contribution in [3.63, 3.8) is 0 Å². The SMILES string of the molecule is C#CCn1nc(CNC(=O)c2cc(-c3ccccc3)on2)c2ccccc2c1=O. The molecule has 0 unspecified atom stereocenters. The van der Waals surface area contributed by atoms with Crippen LogP contribution in [0.4, 0.5) is 0 Å². The molecule has 0 aliphatic rings. The summed E-state index contributed by atoms with van der Waals surface area (Å²) in [7, 11) is 0. The van der Waals surface area contributed by atoms with Gasteiger partial charge in [-0.1, -0.05) is 59.6 Å². The quantitative estimate of drug-likeness (QED) is 0.534. The van der Waals surface area contributed by atoms with Gasteiger partial charge in [-0.3, -0.25) is 9.59 Å². The maximum Gasteiger partial charge on any atom is 0.275 e. The molecule has 0 spiro atoms. The average Bonchev–Trinajstić information content (AvgIpc) is 3.26. The molecular formula is C22H16N4O3. The molecule has 29 heavy (non-hydrogen) atoms. The molecule has 4 aromatic rings. The first-order chi connectivity index (χ1) is 14.2. The predicted molar refractivity (Wildman–Crippen MR) is 108 cm³/mol. The molecule has 142 valence electrons. The number of rotatable bonds is 5. The van der Waals surface area contributed by atoms with E-state index in [1.165, 1.54) is 4.68 Å². The van der Waals surface area contributed by atoms with Crippen molar-refractivity contribution in [3.8, 4) is 23.7 Å². The Kier molecular flexibility index (Phi) is 4.91. The van der Waals surface area contributed by atoms with Crippen LogP contribution < -0.4 is 10.9 Å². The number of hydrogen-bond acceptors (Lipinski definition) is 5. The summed E-state index contributed by atoms with van der Waals surface area (Å²) < 4.78 is 6.48. The molecule has 2 aromatic carbocycles. The van der Waals surface area contributed by atoms with Gasteiger partial charge in [0, 0.05) is 17.0 Å². The van der Waals surface area contributed by atoms with Crippen molar-refractivity contribution in [3.05, 3.63) is 82.4 Å². The number of benzene rings is 2. The molecule has 0 aliphatic carbocycles. The van der Waals surface area contributed by atoms with Crippen LogP contribution in [0.1, 0.15) is 16.2 Å². The molecule has 0 saturated heterocycles. The lowest BCUT2D eigenvalue weighted by Crippen LogP contribution is -2.28. The fourth-order valence-electron chi connectivity index (χ4n) is 3.00. The lowest BCUT2D eigenvalue weighted by atomic mass is 10.1. The van der Waals surface area contributed by atoms with Gasteiger partial charge in [0.1, 0.15) is 6.54 Å². The van der Waals surface area contributed by atoms with Crippen LogP contribution in [-0.4, -0.2) is 20.8 Å². The van der Waals surface area contributed by atoms with Gasteiger partial charge in [-0.2, -0.15) is 5.10 Å². The Morgan fingerprint density at radius 2 is 1.83 bits per heavy atom. The number of fused-ring (bicyclic) bond motifs is 1. The molecule has 7 nitrogen and oxygen atoms in total. The summed E-state index contributed by atoms with van der Waals surface area (Å²) in [4.78, 5) is 25.0. The lowest BCUT2D eigenvalue weighted by molar-refractivity contribution is 0.0941. The van der Waals surface area contributed by atoms with Crippen LogP contribution in [-0.2, 0) is 13.1 Å². The van der Waals surface area contributed by atoms with Crippen LogP contribution in [0.2, 0.25) is 0 Å². The second kappa shape index (κ2) is 7.82. The summed E-state index contributed by atoms with van der Waals surface area (Å²) in [5.74, 6) is 2.51. The number of nitrogens with one attached hydrogen (secondary N) is 1. The number of nitrogens with zero attached hydrogens (tertiary/aromatic N) is 3. The molecule has 0 atom stereocenters. The third kappa shape index (κ3) is 3.64. The predicted octanol–water partition coefficient (Wildman–Crippen LogP) is 2.61. The number of aromatic nitrogens is 3. The Bertz CT molecular complexity index is 1280. The van der Waals surface area contributed by atoms with E-state index in [9.17, 15) is 9.59 Å². The largest absolute Gasteiger partial charge is 0.355 e. The molecule has 0 radical (unpaired) electrons. The normalized spacial score (nSPS) is 10.6. The maximum atomic E-state index is 12.5. The number of terminal acetylenes is 1. The summed E-state index contributed by atoms with van der Waals surface area (Å²) >= 11 is 0. The van der Waals surface area contributed by atoms with Crippen LogP contribution in [0.15, 0.2) is 70.0 Å². The highest BCUT2D eigenvalue weighted by Gasteiger charge is 2.15. The van der Waals surface area contributed by atoms with Crippen LogP contribution in [0.5, 0.6) is 0 Å². The van der Waals surface area contributed by atoms with Gasteiger partial charge in [0.15, 0.2) is 11.5 Å². The average molecular weight is 384 g/mol. The molecule has 1 N–H and O–H groups in total. The van der Waals surface area contributed by atoms with E-state index in [4.69, 9.17) is 10.9 Å². The number of carbonyl (C=O) groups excluding carboxylic acids is 1. The van der Waals surface area contributed by atoms with Gasteiger partial charge < -0.3 is 9.84 Å². The molecular weight excluding hydrogens is 368 g/mol. The van der Waals surface area contributed by atoms with Crippen LogP contribution in [0.3, 0.4) is 0 Å². The van der Waals surface area contributed by atoms with Gasteiger partial charge >= 0.3 is 0 Å². The van der Waals surface area contributed by atoms with Gasteiger partial charge in [-0.15, -0.1) is 6.42 Å². The van der Waals surface area contributed by atoms with Crippen molar-refractivity contribution in [2.24, 2.45) is 0 Å². The Hall–Kier alpha value is -4.18. The van der Waals surface area contributed by atoms with E-state index in [1.54, 1.807) is 24.3 Å². The monoisotopic (exact) mass is 384 g/mol. The first kappa shape index (κ1) is 18.2. The van der Waals surface area contributed by atoms with Gasteiger partial charge in [-0.25, -0.2) is 4.68 Å². The highest BCUT2D eigenvalue weighted by molar-refractivity contribution is 5.93. The maximum absolute atomic E-state index is 12.5. The smallest absolute Gasteiger partial charge is 0.275 e.